The molecule has 8 heavy (non-hydrogen) atoms. The van der Waals surface area contributed by atoms with Crippen LogP contribution in [-0.4, -0.2) is 52.3 Å². The molecule has 4 heteroatoms. The van der Waals surface area contributed by atoms with E-state index >= 15 is 0 Å². The van der Waals surface area contributed by atoms with E-state index in [1.165, 1.54) is 0 Å². The van der Waals surface area contributed by atoms with Gasteiger partial charge in [-0.15, -0.1) is 0 Å². The van der Waals surface area contributed by atoms with Gasteiger partial charge in [0.05, 0.1) is 0 Å². The molecule has 0 aromatic carbocycles. The average Bonchev–Trinajstić information content (AvgIpc) is 1.68. The minimum absolute atomic E-state index is 0. The van der Waals surface area contributed by atoms with E-state index in [0.29, 0.717) is 0 Å². The first kappa shape index (κ1) is 8.30. The number of aliphatic hydroxyl groups is 1. The summed E-state index contributed by atoms with van der Waals surface area (Å²) in [7, 11) is 0. The van der Waals surface area contributed by atoms with Crippen LogP contribution in [0.5, 0.6) is 0 Å². The van der Waals surface area contributed by atoms with Gasteiger partial charge in [0.2, 0.25) is 11.6 Å². The van der Waals surface area contributed by atoms with Gasteiger partial charge in [0.25, 0.3) is 0 Å². The van der Waals surface area contributed by atoms with Crippen molar-refractivity contribution in [3.63, 3.8) is 0 Å². The van der Waals surface area contributed by atoms with Crippen LogP contribution in [-0.2, 0) is 9.59 Å². The molecule has 0 amide bonds. The van der Waals surface area contributed by atoms with Gasteiger partial charge in [0, 0.05) is 36.0 Å². The van der Waals surface area contributed by atoms with E-state index in [9.17, 15) is 9.59 Å². The molecule has 1 aliphatic carbocycles. The standard InChI is InChI=1S/C4H4O3.Na/c5-2-1-3(6)4(2)7;/h2,5H,1H2;. The number of hydrogen-bond donors (Lipinski definition) is 1. The largest absolute Gasteiger partial charge is 0.384 e. The van der Waals surface area contributed by atoms with Crippen LogP contribution in [0.25, 0.3) is 0 Å². The van der Waals surface area contributed by atoms with Crippen LogP contribution in [0.1, 0.15) is 6.42 Å². The Hall–Kier alpha value is 0.300. The number of ketones is 2. The molecule has 1 saturated carbocycles. The molecule has 1 atom stereocenters. The van der Waals surface area contributed by atoms with E-state index in [1.807, 2.05) is 0 Å². The molecule has 0 bridgehead atoms. The Labute approximate surface area is 68.4 Å². The molecule has 1 radical (unpaired) electrons. The molecule has 0 aromatic heterocycles. The fraction of sp³-hybridized carbons (Fsp3) is 0.500. The van der Waals surface area contributed by atoms with Crippen molar-refractivity contribution in [3.05, 3.63) is 0 Å². The number of Topliss-reactive ketones (excluding diaryl/α,β-unsaturated/α-hetero) is 2. The molecule has 1 N–H and O–H groups in total. The maximum atomic E-state index is 9.96. The van der Waals surface area contributed by atoms with Crippen molar-refractivity contribution >= 4 is 41.1 Å². The van der Waals surface area contributed by atoms with E-state index < -0.39 is 17.7 Å². The maximum absolute atomic E-state index is 9.96. The van der Waals surface area contributed by atoms with Crippen molar-refractivity contribution in [2.45, 2.75) is 12.5 Å². The molecule has 1 unspecified atom stereocenters. The molecule has 0 aromatic rings. The summed E-state index contributed by atoms with van der Waals surface area (Å²) in [6.07, 6.45) is -0.953. The zero-order valence-corrected chi connectivity index (χ0v) is 6.55. The molecular weight excluding hydrogens is 119 g/mol. The van der Waals surface area contributed by atoms with Crippen LogP contribution in [0.4, 0.5) is 0 Å². The number of carbonyl (C=O) groups excluding carboxylic acids is 2. The van der Waals surface area contributed by atoms with Crippen LogP contribution in [0.3, 0.4) is 0 Å². The molecule has 1 rings (SSSR count). The van der Waals surface area contributed by atoms with Crippen LogP contribution in [0, 0.1) is 0 Å². The maximum Gasteiger partial charge on any atom is 0.227 e. The predicted molar refractivity (Wildman–Crippen MR) is 26.4 cm³/mol. The van der Waals surface area contributed by atoms with E-state index in [-0.39, 0.29) is 36.0 Å². The number of carbonyl (C=O) groups is 2. The summed E-state index contributed by atoms with van der Waals surface area (Å²) >= 11 is 0. The van der Waals surface area contributed by atoms with Gasteiger partial charge in [0.1, 0.15) is 6.10 Å². The van der Waals surface area contributed by atoms with Gasteiger partial charge >= 0.3 is 0 Å². The molecule has 0 heterocycles. The molecule has 39 valence electrons. The van der Waals surface area contributed by atoms with Crippen molar-refractivity contribution in [1.82, 2.24) is 0 Å². The molecule has 0 aliphatic heterocycles. The second-order valence-electron chi connectivity index (χ2n) is 1.51. The Morgan fingerprint density at radius 1 is 1.50 bits per heavy atom. The molecule has 0 spiro atoms. The Morgan fingerprint density at radius 2 is 2.00 bits per heavy atom. The summed E-state index contributed by atoms with van der Waals surface area (Å²) in [6.45, 7) is 0. The fourth-order valence-electron chi connectivity index (χ4n) is 0.424. The predicted octanol–water partition coefficient (Wildman–Crippen LogP) is -1.49. The Balaban J connectivity index is 0.000000490. The normalized spacial score (nSPS) is 26.4. The van der Waals surface area contributed by atoms with Gasteiger partial charge in [-0.25, -0.2) is 0 Å². The van der Waals surface area contributed by atoms with Gasteiger partial charge in [0.15, 0.2) is 0 Å². The second-order valence-corrected chi connectivity index (χ2v) is 1.51. The fourth-order valence-corrected chi connectivity index (χ4v) is 0.424. The minimum atomic E-state index is -0.979. The Morgan fingerprint density at radius 3 is 2.00 bits per heavy atom. The third-order valence-corrected chi connectivity index (χ3v) is 0.956. The Bertz CT molecular complexity index is 131. The van der Waals surface area contributed by atoms with Crippen molar-refractivity contribution < 1.29 is 14.7 Å². The number of hydrogen-bond acceptors (Lipinski definition) is 3. The van der Waals surface area contributed by atoms with Crippen molar-refractivity contribution in [3.8, 4) is 0 Å². The molecule has 1 fully saturated rings. The van der Waals surface area contributed by atoms with Crippen molar-refractivity contribution in [2.24, 2.45) is 0 Å². The number of rotatable bonds is 0. The van der Waals surface area contributed by atoms with Crippen LogP contribution < -0.4 is 0 Å². The smallest absolute Gasteiger partial charge is 0.227 e. The summed E-state index contributed by atoms with van der Waals surface area (Å²) in [5.74, 6) is -1.09. The molecule has 1 aliphatic rings. The molecular formula is C4H4NaO3. The SMILES string of the molecule is O=C1CC(O)C1=O.[Na]. The monoisotopic (exact) mass is 123 g/mol. The van der Waals surface area contributed by atoms with Crippen molar-refractivity contribution in [2.75, 3.05) is 0 Å². The van der Waals surface area contributed by atoms with E-state index in [1.54, 1.807) is 0 Å². The van der Waals surface area contributed by atoms with Crippen LogP contribution in [0.2, 0.25) is 0 Å². The first-order valence-electron chi connectivity index (χ1n) is 1.97. The first-order chi connectivity index (χ1) is 3.22. The number of aliphatic hydroxyl groups excluding tert-OH is 1. The first-order valence-corrected chi connectivity index (χ1v) is 1.97. The summed E-state index contributed by atoms with van der Waals surface area (Å²) in [5, 5.41) is 8.32. The van der Waals surface area contributed by atoms with Gasteiger partial charge in [-0.2, -0.15) is 0 Å². The van der Waals surface area contributed by atoms with E-state index in [4.69, 9.17) is 5.11 Å². The quantitative estimate of drug-likeness (QED) is 0.315. The Kier molecular flexibility index (Phi) is 2.83. The zero-order chi connectivity index (χ0) is 5.44. The van der Waals surface area contributed by atoms with Gasteiger partial charge in [-0.3, -0.25) is 9.59 Å². The molecule has 3 nitrogen and oxygen atoms in total. The topological polar surface area (TPSA) is 54.4 Å². The third-order valence-electron chi connectivity index (χ3n) is 0.956. The van der Waals surface area contributed by atoms with Gasteiger partial charge < -0.3 is 5.11 Å². The summed E-state index contributed by atoms with van der Waals surface area (Å²) < 4.78 is 0. The summed E-state index contributed by atoms with van der Waals surface area (Å²) in [6, 6.07) is 0. The third kappa shape index (κ3) is 1.17. The van der Waals surface area contributed by atoms with Gasteiger partial charge in [-0.05, 0) is 0 Å². The van der Waals surface area contributed by atoms with Crippen LogP contribution in [0.15, 0.2) is 0 Å². The summed E-state index contributed by atoms with van der Waals surface area (Å²) in [4.78, 5) is 19.9. The van der Waals surface area contributed by atoms with Gasteiger partial charge in [-0.1, -0.05) is 0 Å². The van der Waals surface area contributed by atoms with Crippen molar-refractivity contribution in [1.29, 1.82) is 0 Å². The minimum Gasteiger partial charge on any atom is -0.384 e. The van der Waals surface area contributed by atoms with E-state index in [0.717, 1.165) is 0 Å². The molecule has 0 saturated heterocycles. The van der Waals surface area contributed by atoms with E-state index in [2.05, 4.69) is 0 Å². The average molecular weight is 123 g/mol. The zero-order valence-electron chi connectivity index (χ0n) is 4.55. The second kappa shape index (κ2) is 2.73. The van der Waals surface area contributed by atoms with Crippen LogP contribution >= 0.6 is 0 Å². The summed E-state index contributed by atoms with van der Waals surface area (Å²) in [5.41, 5.74) is 0.